The van der Waals surface area contributed by atoms with Crippen molar-refractivity contribution >= 4 is 5.97 Å². The van der Waals surface area contributed by atoms with Crippen LogP contribution in [0.4, 0.5) is 0 Å². The molecular weight excluding hydrogens is 212 g/mol. The van der Waals surface area contributed by atoms with Crippen LogP contribution in [0.3, 0.4) is 0 Å². The Bertz CT molecular complexity index is 344. The quantitative estimate of drug-likeness (QED) is 0.807. The molecule has 1 heterocycles. The minimum absolute atomic E-state index is 0.0709. The van der Waals surface area contributed by atoms with Crippen LogP contribution in [-0.4, -0.2) is 30.9 Å². The molecule has 0 radical (unpaired) electrons. The molecule has 1 rings (SSSR count). The number of hydrogen-bond donors (Lipinski definition) is 1. The van der Waals surface area contributed by atoms with Crippen LogP contribution in [0, 0.1) is 0 Å². The van der Waals surface area contributed by atoms with Gasteiger partial charge in [-0.15, -0.1) is 0 Å². The number of carbonyl (C=O) groups is 1. The summed E-state index contributed by atoms with van der Waals surface area (Å²) in [6.07, 6.45) is -0.364. The van der Waals surface area contributed by atoms with Crippen molar-refractivity contribution in [1.29, 1.82) is 0 Å². The molecule has 0 aliphatic carbocycles. The van der Waals surface area contributed by atoms with Crippen molar-refractivity contribution in [2.24, 2.45) is 0 Å². The van der Waals surface area contributed by atoms with E-state index in [0.29, 0.717) is 12.4 Å². The zero-order valence-electron chi connectivity index (χ0n) is 9.60. The number of carboxylic acids is 1. The first-order valence-corrected chi connectivity index (χ1v) is 5.02. The molecule has 0 amide bonds. The third-order valence-corrected chi connectivity index (χ3v) is 2.08. The van der Waals surface area contributed by atoms with E-state index in [1.165, 1.54) is 6.07 Å². The van der Waals surface area contributed by atoms with Crippen LogP contribution in [0.25, 0.3) is 0 Å². The Hall–Kier alpha value is -1.33. The fraction of sp³-hybridized carbons (Fsp3) is 0.545. The third kappa shape index (κ3) is 3.36. The van der Waals surface area contributed by atoms with Crippen molar-refractivity contribution in [3.63, 3.8) is 0 Å². The van der Waals surface area contributed by atoms with E-state index in [1.807, 2.05) is 6.92 Å². The van der Waals surface area contributed by atoms with Gasteiger partial charge in [-0.05, 0) is 26.0 Å². The van der Waals surface area contributed by atoms with Gasteiger partial charge in [-0.3, -0.25) is 0 Å². The molecule has 1 aromatic heterocycles. The predicted molar refractivity (Wildman–Crippen MR) is 56.5 cm³/mol. The molecule has 16 heavy (non-hydrogen) atoms. The van der Waals surface area contributed by atoms with Gasteiger partial charge in [0.05, 0.1) is 12.7 Å². The van der Waals surface area contributed by atoms with Gasteiger partial charge < -0.3 is 19.0 Å². The largest absolute Gasteiger partial charge is 0.475 e. The molecule has 1 aromatic rings. The van der Waals surface area contributed by atoms with Crippen molar-refractivity contribution in [2.75, 3.05) is 13.7 Å². The van der Waals surface area contributed by atoms with Gasteiger partial charge in [-0.2, -0.15) is 0 Å². The molecule has 0 aliphatic rings. The zero-order valence-corrected chi connectivity index (χ0v) is 9.60. The fourth-order valence-corrected chi connectivity index (χ4v) is 1.38. The van der Waals surface area contributed by atoms with Crippen molar-refractivity contribution in [1.82, 2.24) is 0 Å². The molecule has 5 nitrogen and oxygen atoms in total. The predicted octanol–water partition coefficient (Wildman–Crippen LogP) is 2.09. The van der Waals surface area contributed by atoms with Gasteiger partial charge in [0.2, 0.25) is 5.76 Å². The molecule has 0 fully saturated rings. The van der Waals surface area contributed by atoms with Crippen LogP contribution in [0.1, 0.15) is 36.3 Å². The number of carboxylic acid groups (broad SMARTS) is 1. The summed E-state index contributed by atoms with van der Waals surface area (Å²) in [4.78, 5) is 10.6. The molecule has 0 aromatic carbocycles. The normalized spacial score (nSPS) is 14.7. The van der Waals surface area contributed by atoms with Gasteiger partial charge >= 0.3 is 5.97 Å². The minimum Gasteiger partial charge on any atom is -0.475 e. The molecule has 0 spiro atoms. The topological polar surface area (TPSA) is 68.9 Å². The lowest BCUT2D eigenvalue weighted by Crippen LogP contribution is -2.16. The number of ether oxygens (including phenoxy) is 2. The molecule has 2 atom stereocenters. The lowest BCUT2D eigenvalue weighted by atomic mass is 10.3. The van der Waals surface area contributed by atoms with Gasteiger partial charge in [0.15, 0.2) is 0 Å². The number of furan rings is 1. The second kappa shape index (κ2) is 5.67. The van der Waals surface area contributed by atoms with Crippen molar-refractivity contribution in [3.8, 4) is 0 Å². The van der Waals surface area contributed by atoms with E-state index in [1.54, 1.807) is 20.1 Å². The Labute approximate surface area is 94.0 Å². The Balaban J connectivity index is 2.58. The van der Waals surface area contributed by atoms with Crippen molar-refractivity contribution < 1.29 is 23.8 Å². The second-order valence-corrected chi connectivity index (χ2v) is 3.55. The van der Waals surface area contributed by atoms with Crippen LogP contribution in [0.5, 0.6) is 0 Å². The molecule has 90 valence electrons. The molecule has 2 unspecified atom stereocenters. The van der Waals surface area contributed by atoms with E-state index >= 15 is 0 Å². The number of methoxy groups -OCH3 is 1. The highest BCUT2D eigenvalue weighted by Gasteiger charge is 2.16. The first kappa shape index (κ1) is 12.7. The number of aromatic carboxylic acids is 1. The molecular formula is C11H16O5. The van der Waals surface area contributed by atoms with Crippen molar-refractivity contribution in [3.05, 3.63) is 23.7 Å². The Morgan fingerprint density at radius 1 is 1.50 bits per heavy atom. The lowest BCUT2D eigenvalue weighted by Gasteiger charge is -2.16. The van der Waals surface area contributed by atoms with E-state index in [0.717, 1.165) is 0 Å². The number of rotatable bonds is 6. The third-order valence-electron chi connectivity index (χ3n) is 2.08. The second-order valence-electron chi connectivity index (χ2n) is 3.55. The highest BCUT2D eigenvalue weighted by atomic mass is 16.5. The van der Waals surface area contributed by atoms with E-state index in [9.17, 15) is 4.79 Å². The van der Waals surface area contributed by atoms with Crippen LogP contribution < -0.4 is 0 Å². The summed E-state index contributed by atoms with van der Waals surface area (Å²) in [5.74, 6) is -0.659. The Kier molecular flexibility index (Phi) is 4.52. The first-order valence-electron chi connectivity index (χ1n) is 5.02. The fourth-order valence-electron chi connectivity index (χ4n) is 1.38. The zero-order chi connectivity index (χ0) is 12.1. The first-order chi connectivity index (χ1) is 7.54. The van der Waals surface area contributed by atoms with Gasteiger partial charge in [0.1, 0.15) is 11.9 Å². The summed E-state index contributed by atoms with van der Waals surface area (Å²) in [5.41, 5.74) is 0. The highest BCUT2D eigenvalue weighted by molar-refractivity contribution is 5.84. The maximum Gasteiger partial charge on any atom is 0.371 e. The van der Waals surface area contributed by atoms with Gasteiger partial charge in [0, 0.05) is 7.11 Å². The average molecular weight is 228 g/mol. The van der Waals surface area contributed by atoms with E-state index in [-0.39, 0.29) is 18.0 Å². The van der Waals surface area contributed by atoms with E-state index in [2.05, 4.69) is 0 Å². The number of hydrogen-bond acceptors (Lipinski definition) is 4. The van der Waals surface area contributed by atoms with Crippen LogP contribution in [0.2, 0.25) is 0 Å². The highest BCUT2D eigenvalue weighted by Crippen LogP contribution is 2.21. The maximum absolute atomic E-state index is 10.6. The van der Waals surface area contributed by atoms with Crippen molar-refractivity contribution in [2.45, 2.75) is 26.1 Å². The average Bonchev–Trinajstić information content (AvgIpc) is 2.66. The molecule has 5 heteroatoms. The summed E-state index contributed by atoms with van der Waals surface area (Å²) in [6, 6.07) is 3.02. The molecule has 1 N–H and O–H groups in total. The molecule has 0 bridgehead atoms. The summed E-state index contributed by atoms with van der Waals surface area (Å²) in [6.45, 7) is 4.16. The minimum atomic E-state index is -1.08. The molecule has 0 saturated heterocycles. The Morgan fingerprint density at radius 2 is 2.19 bits per heavy atom. The molecule has 0 aliphatic heterocycles. The monoisotopic (exact) mass is 228 g/mol. The summed E-state index contributed by atoms with van der Waals surface area (Å²) in [7, 11) is 1.60. The van der Waals surface area contributed by atoms with Gasteiger partial charge in [0.25, 0.3) is 0 Å². The summed E-state index contributed by atoms with van der Waals surface area (Å²) < 4.78 is 15.6. The van der Waals surface area contributed by atoms with Crippen LogP contribution >= 0.6 is 0 Å². The molecule has 0 saturated carbocycles. The Morgan fingerprint density at radius 3 is 2.69 bits per heavy atom. The summed E-state index contributed by atoms with van der Waals surface area (Å²) >= 11 is 0. The SMILES string of the molecule is COCC(C)OC(C)c1ccc(C(=O)O)o1. The maximum atomic E-state index is 10.6. The van der Waals surface area contributed by atoms with Crippen LogP contribution in [-0.2, 0) is 9.47 Å². The van der Waals surface area contributed by atoms with Crippen LogP contribution in [0.15, 0.2) is 16.5 Å². The van der Waals surface area contributed by atoms with Gasteiger partial charge in [-0.25, -0.2) is 4.79 Å². The lowest BCUT2D eigenvalue weighted by molar-refractivity contribution is -0.0403. The smallest absolute Gasteiger partial charge is 0.371 e. The summed E-state index contributed by atoms with van der Waals surface area (Å²) in [5, 5.41) is 8.69. The van der Waals surface area contributed by atoms with E-state index in [4.69, 9.17) is 19.0 Å². The van der Waals surface area contributed by atoms with Gasteiger partial charge in [-0.1, -0.05) is 0 Å². The standard InChI is InChI=1S/C11H16O5/c1-7(6-14-3)15-8(2)9-4-5-10(16-9)11(12)13/h4-5,7-8H,6H2,1-3H3,(H,12,13). The van der Waals surface area contributed by atoms with E-state index < -0.39 is 5.97 Å².